The van der Waals surface area contributed by atoms with E-state index in [1.54, 1.807) is 4.68 Å². The second-order valence-corrected chi connectivity index (χ2v) is 12.0. The highest BCUT2D eigenvalue weighted by Gasteiger charge is 2.20. The first kappa shape index (κ1) is 29.1. The monoisotopic (exact) mass is 571 g/mol. The van der Waals surface area contributed by atoms with Crippen molar-refractivity contribution in [1.29, 1.82) is 0 Å². The molecule has 0 aliphatic carbocycles. The van der Waals surface area contributed by atoms with Gasteiger partial charge in [-0.15, -0.1) is 0 Å². The lowest BCUT2D eigenvalue weighted by Crippen LogP contribution is -2.43. The van der Waals surface area contributed by atoms with Crippen LogP contribution in [0.4, 0.5) is 5.95 Å². The Balaban J connectivity index is 1.44. The van der Waals surface area contributed by atoms with E-state index >= 15 is 0 Å². The largest absolute Gasteiger partial charge is 0.439 e. The summed E-state index contributed by atoms with van der Waals surface area (Å²) in [6, 6.07) is 17.0. The van der Waals surface area contributed by atoms with Gasteiger partial charge in [-0.3, -0.25) is 14.3 Å². The van der Waals surface area contributed by atoms with E-state index in [1.165, 1.54) is 23.1 Å². The molecular weight excluding hydrogens is 530 g/mol. The van der Waals surface area contributed by atoms with Gasteiger partial charge < -0.3 is 9.64 Å². The summed E-state index contributed by atoms with van der Waals surface area (Å²) in [5.74, 6) is 2.39. The van der Waals surface area contributed by atoms with Crippen LogP contribution in [-0.2, 0) is 26.4 Å². The Kier molecular flexibility index (Phi) is 9.59. The number of nitrogens with zero attached hydrogens (tertiary/aromatic N) is 6. The van der Waals surface area contributed by atoms with E-state index < -0.39 is 0 Å². The van der Waals surface area contributed by atoms with Crippen LogP contribution in [0.1, 0.15) is 37.5 Å². The molecule has 0 radical (unpaired) electrons. The summed E-state index contributed by atoms with van der Waals surface area (Å²) in [4.78, 5) is 15.8. The number of ether oxygens (including phenoxy) is 1. The van der Waals surface area contributed by atoms with Gasteiger partial charge in [0.1, 0.15) is 5.75 Å². The van der Waals surface area contributed by atoms with E-state index in [-0.39, 0.29) is 0 Å². The molecule has 2 aromatic carbocycles. The highest BCUT2D eigenvalue weighted by atomic mass is 32.2. The molecule has 0 bridgehead atoms. The van der Waals surface area contributed by atoms with Crippen LogP contribution in [-0.4, -0.2) is 62.8 Å². The third kappa shape index (κ3) is 7.67. The molecule has 1 aliphatic heterocycles. The number of nitrogens with one attached hydrogen (secondary N) is 1. The SMILES string of the molecule is CCc1c(Oc2ccc(CN3CCN(C)CC3)cc2)nc(NSc2cnn(C)c2)nc1-c1ccccc1CC(C)C. The van der Waals surface area contributed by atoms with Crippen molar-refractivity contribution < 1.29 is 4.74 Å². The first-order chi connectivity index (χ1) is 19.9. The zero-order chi connectivity index (χ0) is 28.8. The van der Waals surface area contributed by atoms with E-state index in [4.69, 9.17) is 14.7 Å². The Bertz CT molecular complexity index is 1430. The van der Waals surface area contributed by atoms with E-state index in [0.29, 0.717) is 17.7 Å². The third-order valence-corrected chi connectivity index (χ3v) is 8.04. The molecule has 0 saturated carbocycles. The molecule has 1 aliphatic rings. The molecular formula is C32H41N7OS. The standard InChI is InChI=1S/C32H41N7OS/c1-6-28-30(29-10-8-7-9-25(29)19-23(2)3)34-32(36-41-27-20-33-38(5)22-27)35-31(28)40-26-13-11-24(12-14-26)21-39-17-15-37(4)16-18-39/h7-14,20,22-23H,6,15-19,21H2,1-5H3,(H,34,35,36). The molecule has 5 rings (SSSR count). The zero-order valence-corrected chi connectivity index (χ0v) is 25.6. The summed E-state index contributed by atoms with van der Waals surface area (Å²) in [6.07, 6.45) is 5.50. The van der Waals surface area contributed by atoms with Crippen LogP contribution >= 0.6 is 11.9 Å². The van der Waals surface area contributed by atoms with Gasteiger partial charge >= 0.3 is 0 Å². The first-order valence-corrected chi connectivity index (χ1v) is 15.3. The molecule has 1 saturated heterocycles. The Morgan fingerprint density at radius 3 is 2.41 bits per heavy atom. The maximum Gasteiger partial charge on any atom is 0.237 e. The lowest BCUT2D eigenvalue weighted by atomic mass is 9.94. The Morgan fingerprint density at radius 2 is 1.73 bits per heavy atom. The minimum absolute atomic E-state index is 0.507. The molecule has 8 nitrogen and oxygen atoms in total. The third-order valence-electron chi connectivity index (χ3n) is 7.30. The summed E-state index contributed by atoms with van der Waals surface area (Å²) >= 11 is 1.44. The maximum absolute atomic E-state index is 6.50. The number of aryl methyl sites for hydroxylation is 1. The van der Waals surface area contributed by atoms with Crippen LogP contribution in [0.15, 0.2) is 65.8 Å². The molecule has 216 valence electrons. The first-order valence-electron chi connectivity index (χ1n) is 14.5. The van der Waals surface area contributed by atoms with Crippen molar-refractivity contribution in [1.82, 2.24) is 29.5 Å². The van der Waals surface area contributed by atoms with Crippen molar-refractivity contribution in [2.24, 2.45) is 13.0 Å². The molecule has 0 unspecified atom stereocenters. The quantitative estimate of drug-likeness (QED) is 0.211. The van der Waals surface area contributed by atoms with Crippen molar-refractivity contribution in [3.05, 3.63) is 77.6 Å². The van der Waals surface area contributed by atoms with Gasteiger partial charge in [-0.2, -0.15) is 10.1 Å². The normalized spacial score (nSPS) is 14.5. The highest BCUT2D eigenvalue weighted by molar-refractivity contribution is 8.00. The van der Waals surface area contributed by atoms with Gasteiger partial charge in [-0.05, 0) is 61.0 Å². The van der Waals surface area contributed by atoms with Crippen LogP contribution in [0, 0.1) is 5.92 Å². The fourth-order valence-corrected chi connectivity index (χ4v) is 5.70. The van der Waals surface area contributed by atoms with E-state index in [2.05, 4.69) is 96.0 Å². The van der Waals surface area contributed by atoms with Crippen molar-refractivity contribution in [2.75, 3.05) is 37.9 Å². The summed E-state index contributed by atoms with van der Waals surface area (Å²) in [6.45, 7) is 12.0. The maximum atomic E-state index is 6.50. The molecule has 0 spiro atoms. The Morgan fingerprint density at radius 1 is 0.976 bits per heavy atom. The zero-order valence-electron chi connectivity index (χ0n) is 24.8. The van der Waals surface area contributed by atoms with Crippen molar-refractivity contribution in [3.63, 3.8) is 0 Å². The highest BCUT2D eigenvalue weighted by Crippen LogP contribution is 2.36. The van der Waals surface area contributed by atoms with Gasteiger partial charge in [-0.1, -0.05) is 57.2 Å². The van der Waals surface area contributed by atoms with Crippen LogP contribution in [0.5, 0.6) is 11.6 Å². The van der Waals surface area contributed by atoms with Crippen LogP contribution in [0.25, 0.3) is 11.3 Å². The Labute approximate surface area is 248 Å². The fraction of sp³-hybridized carbons (Fsp3) is 0.406. The average Bonchev–Trinajstić information content (AvgIpc) is 3.39. The van der Waals surface area contributed by atoms with Crippen molar-refractivity contribution in [2.45, 2.75) is 45.1 Å². The molecule has 1 N–H and O–H groups in total. The molecule has 0 atom stereocenters. The second-order valence-electron chi connectivity index (χ2n) is 11.2. The number of benzene rings is 2. The second kappa shape index (κ2) is 13.5. The number of hydrogen-bond donors (Lipinski definition) is 1. The summed E-state index contributed by atoms with van der Waals surface area (Å²) in [5, 5.41) is 4.27. The number of likely N-dealkylation sites (N-methyl/N-ethyl adjacent to an activating group) is 1. The predicted octanol–water partition coefficient (Wildman–Crippen LogP) is 6.30. The molecule has 41 heavy (non-hydrogen) atoms. The molecule has 1 fully saturated rings. The lowest BCUT2D eigenvalue weighted by Gasteiger charge is -2.32. The smallest absolute Gasteiger partial charge is 0.237 e. The van der Waals surface area contributed by atoms with Gasteiger partial charge in [-0.25, -0.2) is 4.98 Å². The number of piperazine rings is 1. The van der Waals surface area contributed by atoms with Crippen molar-refractivity contribution in [3.8, 4) is 22.9 Å². The van der Waals surface area contributed by atoms with Gasteiger partial charge in [0.15, 0.2) is 0 Å². The van der Waals surface area contributed by atoms with Crippen molar-refractivity contribution >= 4 is 17.9 Å². The minimum atomic E-state index is 0.507. The number of hydrogen-bond acceptors (Lipinski definition) is 8. The molecule has 2 aromatic heterocycles. The fourth-order valence-electron chi connectivity index (χ4n) is 5.10. The van der Waals surface area contributed by atoms with E-state index in [9.17, 15) is 0 Å². The molecule has 4 aromatic rings. The topological polar surface area (TPSA) is 71.3 Å². The molecule has 0 amide bonds. The number of aromatic nitrogens is 4. The number of anilines is 1. The van der Waals surface area contributed by atoms with Crippen LogP contribution < -0.4 is 9.46 Å². The van der Waals surface area contributed by atoms with E-state index in [0.717, 1.165) is 73.0 Å². The van der Waals surface area contributed by atoms with Gasteiger partial charge in [0, 0.05) is 57.1 Å². The minimum Gasteiger partial charge on any atom is -0.439 e. The van der Waals surface area contributed by atoms with Gasteiger partial charge in [0.05, 0.1) is 16.8 Å². The van der Waals surface area contributed by atoms with Gasteiger partial charge in [0.25, 0.3) is 0 Å². The van der Waals surface area contributed by atoms with E-state index in [1.807, 2.05) is 19.4 Å². The Hall–Kier alpha value is -3.40. The van der Waals surface area contributed by atoms with Crippen LogP contribution in [0.3, 0.4) is 0 Å². The van der Waals surface area contributed by atoms with Gasteiger partial charge in [0.2, 0.25) is 11.8 Å². The summed E-state index contributed by atoms with van der Waals surface area (Å²) < 4.78 is 11.6. The predicted molar refractivity (Wildman–Crippen MR) is 167 cm³/mol. The molecule has 3 heterocycles. The molecule has 9 heteroatoms. The van der Waals surface area contributed by atoms with Crippen LogP contribution in [0.2, 0.25) is 0 Å². The number of rotatable bonds is 11. The average molecular weight is 572 g/mol. The summed E-state index contributed by atoms with van der Waals surface area (Å²) in [5.41, 5.74) is 5.61. The lowest BCUT2D eigenvalue weighted by molar-refractivity contribution is 0.148. The summed E-state index contributed by atoms with van der Waals surface area (Å²) in [7, 11) is 4.09.